The van der Waals surface area contributed by atoms with Crippen LogP contribution in [0.3, 0.4) is 0 Å². The zero-order chi connectivity index (χ0) is 21.3. The Morgan fingerprint density at radius 1 is 1.10 bits per heavy atom. The van der Waals surface area contributed by atoms with Gasteiger partial charge in [-0.25, -0.2) is 14.8 Å². The van der Waals surface area contributed by atoms with Gasteiger partial charge in [-0.2, -0.15) is 0 Å². The fraction of sp³-hybridized carbons (Fsp3) is 0.0952. The molecule has 30 heavy (non-hydrogen) atoms. The second kappa shape index (κ2) is 8.17. The highest BCUT2D eigenvalue weighted by Crippen LogP contribution is 2.30. The molecule has 0 aliphatic rings. The second-order valence-corrected chi connectivity index (χ2v) is 7.69. The fourth-order valence-corrected chi connectivity index (χ4v) is 4.04. The molecule has 4 rings (SSSR count). The van der Waals surface area contributed by atoms with Crippen LogP contribution in [-0.2, 0) is 4.74 Å². The zero-order valence-corrected chi connectivity index (χ0v) is 17.5. The maximum atomic E-state index is 13.1. The van der Waals surface area contributed by atoms with Crippen LogP contribution in [0, 0.1) is 6.92 Å². The minimum absolute atomic E-state index is 0.296. The van der Waals surface area contributed by atoms with Gasteiger partial charge in [-0.1, -0.05) is 41.1 Å². The number of pyridine rings is 2. The maximum absolute atomic E-state index is 13.1. The number of nitrogens with zero attached hydrogens (tertiary/aromatic N) is 3. The lowest BCUT2D eigenvalue weighted by Crippen LogP contribution is -2.13. The van der Waals surface area contributed by atoms with Crippen molar-refractivity contribution < 1.29 is 14.3 Å². The Kier molecular flexibility index (Phi) is 5.43. The number of nitrogens with one attached hydrogen (secondary N) is 1. The van der Waals surface area contributed by atoms with E-state index in [1.165, 1.54) is 7.11 Å². The molecule has 0 saturated carbocycles. The molecule has 150 valence electrons. The van der Waals surface area contributed by atoms with Gasteiger partial charge in [0.15, 0.2) is 5.13 Å². The Balaban J connectivity index is 1.79. The van der Waals surface area contributed by atoms with Crippen molar-refractivity contribution in [3.05, 3.63) is 69.8 Å². The molecule has 0 bridgehead atoms. The van der Waals surface area contributed by atoms with Crippen molar-refractivity contribution in [3.63, 3.8) is 0 Å². The van der Waals surface area contributed by atoms with Gasteiger partial charge >= 0.3 is 5.97 Å². The summed E-state index contributed by atoms with van der Waals surface area (Å²) in [5.74, 6) is -0.893. The van der Waals surface area contributed by atoms with E-state index in [-0.39, 0.29) is 0 Å². The van der Waals surface area contributed by atoms with Crippen LogP contribution in [0.4, 0.5) is 5.13 Å². The van der Waals surface area contributed by atoms with E-state index < -0.39 is 11.9 Å². The summed E-state index contributed by atoms with van der Waals surface area (Å²) in [6.07, 6.45) is 1.65. The fourth-order valence-electron chi connectivity index (χ4n) is 2.94. The highest BCUT2D eigenvalue weighted by atomic mass is 35.5. The van der Waals surface area contributed by atoms with Crippen molar-refractivity contribution in [2.75, 3.05) is 12.4 Å². The third kappa shape index (κ3) is 3.74. The summed E-state index contributed by atoms with van der Waals surface area (Å²) in [4.78, 5) is 38.5. The number of aryl methyl sites for hydroxylation is 1. The number of anilines is 1. The number of rotatable bonds is 4. The van der Waals surface area contributed by atoms with Gasteiger partial charge in [0.05, 0.1) is 40.3 Å². The summed E-state index contributed by atoms with van der Waals surface area (Å²) in [5, 5.41) is 4.08. The lowest BCUT2D eigenvalue weighted by atomic mass is 10.1. The van der Waals surface area contributed by atoms with E-state index in [1.807, 2.05) is 6.07 Å². The Labute approximate surface area is 180 Å². The molecule has 9 heteroatoms. The smallest absolute Gasteiger partial charge is 0.350 e. The third-order valence-electron chi connectivity index (χ3n) is 4.35. The van der Waals surface area contributed by atoms with E-state index in [0.717, 1.165) is 11.3 Å². The number of esters is 1. The number of thiazole rings is 1. The van der Waals surface area contributed by atoms with Crippen LogP contribution in [0.15, 0.2) is 48.7 Å². The standard InChI is InChI=1S/C21H15ClN4O3S/c1-11-18(20(28)29-2)30-21(24-11)26-19(27)13-10-16(15-8-3-4-9-23-15)25-17-12(13)6-5-7-14(17)22/h3-10H,1-2H3,(H,24,26,27). The SMILES string of the molecule is COC(=O)c1sc(NC(=O)c2cc(-c3ccccn3)nc3c(Cl)cccc23)nc1C. The number of carbonyl (C=O) groups excluding carboxylic acids is 2. The summed E-state index contributed by atoms with van der Waals surface area (Å²) in [6, 6.07) is 12.4. The summed E-state index contributed by atoms with van der Waals surface area (Å²) in [5.41, 5.74) is 2.49. The van der Waals surface area contributed by atoms with Gasteiger partial charge in [0.25, 0.3) is 5.91 Å². The largest absolute Gasteiger partial charge is 0.465 e. The molecule has 0 aliphatic heterocycles. The van der Waals surface area contributed by atoms with E-state index in [1.54, 1.807) is 49.5 Å². The first-order chi connectivity index (χ1) is 14.5. The van der Waals surface area contributed by atoms with Crippen LogP contribution in [0.2, 0.25) is 5.02 Å². The monoisotopic (exact) mass is 438 g/mol. The van der Waals surface area contributed by atoms with Crippen molar-refractivity contribution in [1.82, 2.24) is 15.0 Å². The minimum atomic E-state index is -0.496. The van der Waals surface area contributed by atoms with Crippen LogP contribution in [0.25, 0.3) is 22.3 Å². The van der Waals surface area contributed by atoms with Crippen LogP contribution in [0.1, 0.15) is 25.7 Å². The molecule has 3 aromatic heterocycles. The first-order valence-electron chi connectivity index (χ1n) is 8.85. The van der Waals surface area contributed by atoms with E-state index >= 15 is 0 Å². The molecule has 3 heterocycles. The normalized spacial score (nSPS) is 10.8. The highest BCUT2D eigenvalue weighted by molar-refractivity contribution is 7.17. The van der Waals surface area contributed by atoms with E-state index in [0.29, 0.717) is 48.6 Å². The Morgan fingerprint density at radius 2 is 1.93 bits per heavy atom. The van der Waals surface area contributed by atoms with Crippen molar-refractivity contribution in [2.45, 2.75) is 6.92 Å². The number of hydrogen-bond acceptors (Lipinski definition) is 7. The quantitative estimate of drug-likeness (QED) is 0.462. The molecule has 1 N–H and O–H groups in total. The number of carbonyl (C=O) groups is 2. The summed E-state index contributed by atoms with van der Waals surface area (Å²) >= 11 is 7.40. The lowest BCUT2D eigenvalue weighted by Gasteiger charge is -2.10. The van der Waals surface area contributed by atoms with Crippen molar-refractivity contribution in [1.29, 1.82) is 0 Å². The molecule has 7 nitrogen and oxygen atoms in total. The lowest BCUT2D eigenvalue weighted by molar-refractivity contribution is 0.0605. The topological polar surface area (TPSA) is 94.1 Å². The number of hydrogen-bond donors (Lipinski definition) is 1. The third-order valence-corrected chi connectivity index (χ3v) is 5.71. The second-order valence-electron chi connectivity index (χ2n) is 6.29. The molecule has 0 spiro atoms. The zero-order valence-electron chi connectivity index (χ0n) is 16.0. The average Bonchev–Trinajstić information content (AvgIpc) is 3.13. The molecule has 1 amide bonds. The van der Waals surface area contributed by atoms with Crippen LogP contribution >= 0.6 is 22.9 Å². The van der Waals surface area contributed by atoms with Crippen LogP contribution in [-0.4, -0.2) is 33.9 Å². The van der Waals surface area contributed by atoms with Crippen molar-refractivity contribution in [3.8, 4) is 11.4 Å². The van der Waals surface area contributed by atoms with Gasteiger partial charge in [0, 0.05) is 11.6 Å². The van der Waals surface area contributed by atoms with Gasteiger partial charge in [-0.15, -0.1) is 0 Å². The number of methoxy groups -OCH3 is 1. The summed E-state index contributed by atoms with van der Waals surface area (Å²) < 4.78 is 4.74. The van der Waals surface area contributed by atoms with Gasteiger partial charge in [-0.3, -0.25) is 15.1 Å². The first-order valence-corrected chi connectivity index (χ1v) is 10.0. The molecule has 0 aliphatic carbocycles. The number of ether oxygens (including phenoxy) is 1. The number of halogens is 1. The summed E-state index contributed by atoms with van der Waals surface area (Å²) in [6.45, 7) is 1.68. The molecular formula is C21H15ClN4O3S. The van der Waals surface area contributed by atoms with Gasteiger partial charge in [-0.05, 0) is 31.2 Å². The predicted molar refractivity (Wildman–Crippen MR) is 116 cm³/mol. The number of para-hydroxylation sites is 1. The molecule has 0 atom stereocenters. The van der Waals surface area contributed by atoms with E-state index in [4.69, 9.17) is 16.3 Å². The Morgan fingerprint density at radius 3 is 2.67 bits per heavy atom. The first kappa shape index (κ1) is 19.9. The number of aromatic nitrogens is 3. The van der Waals surface area contributed by atoms with Gasteiger partial charge in [0.1, 0.15) is 4.88 Å². The number of fused-ring (bicyclic) bond motifs is 1. The molecule has 1 aromatic carbocycles. The van der Waals surface area contributed by atoms with Crippen molar-refractivity contribution in [2.24, 2.45) is 0 Å². The predicted octanol–water partition coefficient (Wildman–Crippen LogP) is 4.75. The highest BCUT2D eigenvalue weighted by Gasteiger charge is 2.20. The summed E-state index contributed by atoms with van der Waals surface area (Å²) in [7, 11) is 1.30. The molecule has 0 unspecified atom stereocenters. The number of benzene rings is 1. The number of amides is 1. The maximum Gasteiger partial charge on any atom is 0.350 e. The van der Waals surface area contributed by atoms with Gasteiger partial charge in [0.2, 0.25) is 0 Å². The minimum Gasteiger partial charge on any atom is -0.465 e. The Hall–Kier alpha value is -3.36. The molecule has 0 radical (unpaired) electrons. The van der Waals surface area contributed by atoms with Crippen LogP contribution < -0.4 is 5.32 Å². The van der Waals surface area contributed by atoms with Gasteiger partial charge < -0.3 is 4.74 Å². The Bertz CT molecular complexity index is 1270. The molecule has 0 fully saturated rings. The molecule has 0 saturated heterocycles. The van der Waals surface area contributed by atoms with Crippen molar-refractivity contribution >= 4 is 50.8 Å². The molecule has 4 aromatic rings. The van der Waals surface area contributed by atoms with E-state index in [9.17, 15) is 9.59 Å². The molecular weight excluding hydrogens is 424 g/mol. The van der Waals surface area contributed by atoms with E-state index in [2.05, 4.69) is 20.3 Å². The average molecular weight is 439 g/mol. The van der Waals surface area contributed by atoms with Crippen LogP contribution in [0.5, 0.6) is 0 Å².